The number of amides is 4. The Bertz CT molecular complexity index is 1020. The average Bonchev–Trinajstić information content (AvgIpc) is 3.14. The number of hydrogen-bond acceptors (Lipinski definition) is 7. The molecule has 0 unspecified atom stereocenters. The summed E-state index contributed by atoms with van der Waals surface area (Å²) in [5.74, 6) is 0.702. The number of rotatable bonds is 6. The molecule has 3 rings (SSSR count). The van der Waals surface area contributed by atoms with Gasteiger partial charge in [0.15, 0.2) is 0 Å². The molecule has 0 spiro atoms. The van der Waals surface area contributed by atoms with Crippen molar-refractivity contribution < 1.29 is 23.7 Å². The van der Waals surface area contributed by atoms with Crippen LogP contribution in [-0.2, 0) is 0 Å². The molecule has 162 valence electrons. The van der Waals surface area contributed by atoms with E-state index in [-0.39, 0.29) is 11.6 Å². The number of urea groups is 2. The van der Waals surface area contributed by atoms with Gasteiger partial charge in [0, 0.05) is 11.4 Å². The Balaban J connectivity index is 1.60. The molecule has 4 N–H and O–H groups in total. The Morgan fingerprint density at radius 3 is 1.55 bits per heavy atom. The second-order valence-electron chi connectivity index (χ2n) is 5.82. The first-order valence-corrected chi connectivity index (χ1v) is 9.31. The molecule has 0 fully saturated rings. The summed E-state index contributed by atoms with van der Waals surface area (Å²) >= 11 is 12.1. The molecule has 13 heteroatoms. The Hall–Kier alpha value is -3.70. The zero-order chi connectivity index (χ0) is 22.4. The van der Waals surface area contributed by atoms with Crippen LogP contribution in [0, 0.1) is 0 Å². The number of anilines is 4. The monoisotopic (exact) mass is 466 g/mol. The molecule has 31 heavy (non-hydrogen) atoms. The maximum absolute atomic E-state index is 12.2. The summed E-state index contributed by atoms with van der Waals surface area (Å²) in [6, 6.07) is 8.07. The summed E-state index contributed by atoms with van der Waals surface area (Å²) in [4.78, 5) is 24.4. The molecular formula is C18H16Cl2N6O5. The number of ether oxygens (including phenoxy) is 2. The fraction of sp³-hybridized carbons (Fsp3) is 0.111. The molecule has 0 bridgehead atoms. The van der Waals surface area contributed by atoms with E-state index in [4.69, 9.17) is 32.7 Å². The summed E-state index contributed by atoms with van der Waals surface area (Å²) in [5.41, 5.74) is 0.812. The second kappa shape index (κ2) is 9.87. The summed E-state index contributed by atoms with van der Waals surface area (Å²) in [6.45, 7) is 0. The minimum absolute atomic E-state index is 0.111. The van der Waals surface area contributed by atoms with E-state index < -0.39 is 12.1 Å². The highest BCUT2D eigenvalue weighted by Crippen LogP contribution is 2.28. The SMILES string of the molecule is COc1ccc(NC(=O)Nc2nonc2NC(=O)Nc2ccc(OC)c(Cl)c2)cc1Cl. The molecule has 1 aromatic heterocycles. The highest BCUT2D eigenvalue weighted by atomic mass is 35.5. The highest BCUT2D eigenvalue weighted by Gasteiger charge is 2.16. The third kappa shape index (κ3) is 5.68. The lowest BCUT2D eigenvalue weighted by Gasteiger charge is -2.10. The van der Waals surface area contributed by atoms with Gasteiger partial charge in [-0.05, 0) is 46.7 Å². The molecule has 11 nitrogen and oxygen atoms in total. The number of carbonyl (C=O) groups is 2. The molecular weight excluding hydrogens is 451 g/mol. The van der Waals surface area contributed by atoms with E-state index in [1.54, 1.807) is 24.3 Å². The van der Waals surface area contributed by atoms with Gasteiger partial charge in [-0.2, -0.15) is 0 Å². The number of nitrogens with one attached hydrogen (secondary N) is 4. The van der Waals surface area contributed by atoms with E-state index in [0.717, 1.165) is 0 Å². The van der Waals surface area contributed by atoms with E-state index in [2.05, 4.69) is 36.2 Å². The van der Waals surface area contributed by atoms with Crippen LogP contribution in [0.3, 0.4) is 0 Å². The molecule has 4 amide bonds. The average molecular weight is 467 g/mol. The van der Waals surface area contributed by atoms with Crippen molar-refractivity contribution in [1.29, 1.82) is 0 Å². The van der Waals surface area contributed by atoms with Gasteiger partial charge in [0.25, 0.3) is 0 Å². The van der Waals surface area contributed by atoms with Gasteiger partial charge in [-0.25, -0.2) is 14.2 Å². The number of nitrogens with zero attached hydrogens (tertiary/aromatic N) is 2. The Morgan fingerprint density at radius 1 is 0.774 bits per heavy atom. The molecule has 0 radical (unpaired) electrons. The van der Waals surface area contributed by atoms with E-state index in [0.29, 0.717) is 32.9 Å². The van der Waals surface area contributed by atoms with Crippen LogP contribution >= 0.6 is 23.2 Å². The predicted molar refractivity (Wildman–Crippen MR) is 116 cm³/mol. The topological polar surface area (TPSA) is 140 Å². The second-order valence-corrected chi connectivity index (χ2v) is 6.63. The number of aromatic nitrogens is 2. The number of benzene rings is 2. The van der Waals surface area contributed by atoms with Crippen molar-refractivity contribution in [3.8, 4) is 11.5 Å². The van der Waals surface area contributed by atoms with Crippen LogP contribution in [0.4, 0.5) is 32.6 Å². The normalized spacial score (nSPS) is 10.2. The first-order valence-electron chi connectivity index (χ1n) is 8.55. The Labute approximate surface area is 185 Å². The Morgan fingerprint density at radius 2 is 1.19 bits per heavy atom. The van der Waals surface area contributed by atoms with Gasteiger partial charge in [0.05, 0.1) is 24.3 Å². The fourth-order valence-corrected chi connectivity index (χ4v) is 2.90. The van der Waals surface area contributed by atoms with Crippen molar-refractivity contribution in [2.24, 2.45) is 0 Å². The number of carbonyl (C=O) groups excluding carboxylic acids is 2. The minimum atomic E-state index is -0.665. The molecule has 0 saturated carbocycles. The smallest absolute Gasteiger partial charge is 0.325 e. The zero-order valence-corrected chi connectivity index (χ0v) is 17.7. The van der Waals surface area contributed by atoms with Crippen LogP contribution in [0.1, 0.15) is 0 Å². The standard InChI is InChI=1S/C18H16Cl2N6O5/c1-29-13-5-3-9(7-11(13)19)21-17(27)23-15-16(26-31-25-15)24-18(28)22-10-4-6-14(30-2)12(20)8-10/h3-8H,1-2H3,(H2,21,23,25,27)(H2,22,24,26,28). The van der Waals surface area contributed by atoms with Gasteiger partial charge in [-0.1, -0.05) is 23.2 Å². The fourth-order valence-electron chi connectivity index (χ4n) is 2.38. The maximum atomic E-state index is 12.2. The van der Waals surface area contributed by atoms with Crippen LogP contribution in [-0.4, -0.2) is 36.6 Å². The van der Waals surface area contributed by atoms with Gasteiger partial charge in [0.2, 0.25) is 11.6 Å². The first-order chi connectivity index (χ1) is 14.9. The van der Waals surface area contributed by atoms with E-state index in [1.165, 1.54) is 26.4 Å². The zero-order valence-electron chi connectivity index (χ0n) is 16.2. The van der Waals surface area contributed by atoms with Gasteiger partial charge in [0.1, 0.15) is 11.5 Å². The van der Waals surface area contributed by atoms with Gasteiger partial charge in [-0.3, -0.25) is 10.6 Å². The van der Waals surface area contributed by atoms with Gasteiger partial charge < -0.3 is 20.1 Å². The van der Waals surface area contributed by atoms with Crippen molar-refractivity contribution in [2.75, 3.05) is 35.5 Å². The third-order valence-corrected chi connectivity index (χ3v) is 4.36. The van der Waals surface area contributed by atoms with Gasteiger partial charge in [-0.15, -0.1) is 0 Å². The summed E-state index contributed by atoms with van der Waals surface area (Å²) in [5, 5.41) is 17.7. The molecule has 0 aliphatic carbocycles. The van der Waals surface area contributed by atoms with Crippen molar-refractivity contribution >= 4 is 58.3 Å². The molecule has 1 heterocycles. The van der Waals surface area contributed by atoms with Crippen molar-refractivity contribution in [3.63, 3.8) is 0 Å². The molecule has 0 aliphatic heterocycles. The Kier molecular flexibility index (Phi) is 7.00. The number of hydrogen-bond donors (Lipinski definition) is 4. The molecule has 3 aromatic rings. The van der Waals surface area contributed by atoms with Crippen LogP contribution in [0.2, 0.25) is 10.0 Å². The van der Waals surface area contributed by atoms with Crippen molar-refractivity contribution in [2.45, 2.75) is 0 Å². The lowest BCUT2D eigenvalue weighted by atomic mass is 10.3. The summed E-state index contributed by atoms with van der Waals surface area (Å²) in [7, 11) is 2.96. The third-order valence-electron chi connectivity index (χ3n) is 3.77. The van der Waals surface area contributed by atoms with E-state index in [1.807, 2.05) is 0 Å². The van der Waals surface area contributed by atoms with E-state index in [9.17, 15) is 9.59 Å². The molecule has 0 atom stereocenters. The van der Waals surface area contributed by atoms with Crippen LogP contribution in [0.25, 0.3) is 0 Å². The molecule has 2 aromatic carbocycles. The quantitative estimate of drug-likeness (QED) is 0.413. The number of halogens is 2. The summed E-state index contributed by atoms with van der Waals surface area (Å²) in [6.07, 6.45) is 0. The van der Waals surface area contributed by atoms with Crippen molar-refractivity contribution in [3.05, 3.63) is 46.4 Å². The summed E-state index contributed by atoms with van der Waals surface area (Å²) < 4.78 is 14.7. The lowest BCUT2D eigenvalue weighted by molar-refractivity contribution is 0.261. The predicted octanol–water partition coefficient (Wildman–Crippen LogP) is 4.68. The molecule has 0 saturated heterocycles. The van der Waals surface area contributed by atoms with E-state index >= 15 is 0 Å². The largest absolute Gasteiger partial charge is 0.495 e. The van der Waals surface area contributed by atoms with Crippen LogP contribution in [0.5, 0.6) is 11.5 Å². The van der Waals surface area contributed by atoms with Crippen LogP contribution < -0.4 is 30.7 Å². The van der Waals surface area contributed by atoms with Gasteiger partial charge >= 0.3 is 12.1 Å². The molecule has 0 aliphatic rings. The van der Waals surface area contributed by atoms with Crippen LogP contribution in [0.15, 0.2) is 41.0 Å². The highest BCUT2D eigenvalue weighted by molar-refractivity contribution is 6.32. The maximum Gasteiger partial charge on any atom is 0.325 e. The van der Waals surface area contributed by atoms with Crippen molar-refractivity contribution in [1.82, 2.24) is 10.3 Å². The first kappa shape index (κ1) is 22.0. The minimum Gasteiger partial charge on any atom is -0.495 e. The number of methoxy groups -OCH3 is 2. The lowest BCUT2D eigenvalue weighted by Crippen LogP contribution is -2.23.